The number of anilines is 6. The molecule has 0 heterocycles. The molecule has 0 atom stereocenters. The van der Waals surface area contributed by atoms with Crippen molar-refractivity contribution in [2.24, 2.45) is 0 Å². The van der Waals surface area contributed by atoms with Gasteiger partial charge in [-0.05, 0) is 235 Å². The van der Waals surface area contributed by atoms with E-state index in [2.05, 4.69) is 301 Å². The first-order chi connectivity index (χ1) is 39.7. The number of rotatable bonds is 8. The van der Waals surface area contributed by atoms with Crippen molar-refractivity contribution in [3.63, 3.8) is 0 Å². The molecule has 2 heteroatoms. The zero-order chi connectivity index (χ0) is 52.4. The predicted octanol–water partition coefficient (Wildman–Crippen LogP) is 22.2. The van der Waals surface area contributed by atoms with Gasteiger partial charge in [0.1, 0.15) is 0 Å². The lowest BCUT2D eigenvalue weighted by molar-refractivity contribution is 1.28. The lowest BCUT2D eigenvalue weighted by Gasteiger charge is -2.26. The van der Waals surface area contributed by atoms with Crippen molar-refractivity contribution in [2.45, 2.75) is 0 Å². The van der Waals surface area contributed by atoms with E-state index in [1.165, 1.54) is 126 Å². The number of hydrogen-bond acceptors (Lipinski definition) is 2. The Morgan fingerprint density at radius 2 is 0.600 bits per heavy atom. The van der Waals surface area contributed by atoms with Crippen LogP contribution in [0.2, 0.25) is 0 Å². The van der Waals surface area contributed by atoms with Gasteiger partial charge < -0.3 is 9.80 Å². The van der Waals surface area contributed by atoms with E-state index < -0.39 is 0 Å². The molecule has 0 amide bonds. The van der Waals surface area contributed by atoms with Crippen molar-refractivity contribution in [1.29, 1.82) is 0 Å². The maximum atomic E-state index is 2.54. The van der Waals surface area contributed by atoms with Crippen LogP contribution in [0, 0.1) is 0 Å². The number of fused-ring (bicyclic) bond motifs is 13. The summed E-state index contributed by atoms with van der Waals surface area (Å²) in [4.78, 5) is 4.76. The average Bonchev–Trinajstić information content (AvgIpc) is 4.22. The third-order valence-corrected chi connectivity index (χ3v) is 17.2. The minimum Gasteiger partial charge on any atom is -0.310 e. The fourth-order valence-corrected chi connectivity index (χ4v) is 13.8. The van der Waals surface area contributed by atoms with E-state index in [0.717, 1.165) is 39.7 Å². The number of nitrogens with zero attached hydrogens (tertiary/aromatic N) is 2. The van der Waals surface area contributed by atoms with E-state index in [9.17, 15) is 0 Å². The Morgan fingerprint density at radius 3 is 1.23 bits per heavy atom. The number of hydrogen-bond donors (Lipinski definition) is 0. The molecule has 2 aliphatic rings. The highest BCUT2D eigenvalue weighted by atomic mass is 15.1. The number of benzene rings is 15. The SMILES string of the molecule is c1ccc(N(c2ccccc2)c2cccc(-c3cc4c5cc6c(c(-c7cccc(N(c8ccccc8)c8ccccc8)c7)c5ccc4c4cc5c(cc34)-c3cccc4cccc-5c34)-c3cc4ccccc4c4cccc-6c34)c2)cc1. The summed E-state index contributed by atoms with van der Waals surface area (Å²) in [6.45, 7) is 0. The van der Waals surface area contributed by atoms with Crippen molar-refractivity contribution in [2.75, 3.05) is 9.80 Å². The lowest BCUT2D eigenvalue weighted by Crippen LogP contribution is -2.09. The monoisotopic (exact) mass is 1010 g/mol. The molecule has 0 saturated carbocycles. The standard InChI is InChI=1S/C78H48N2/c1-5-25-53(26-6-1)79(54-27-7-2-8-28-54)57-33-15-23-50(42-57)66-45-67-60(68-46-69-62-36-17-21-49-22-18-37-63(75(49)62)70(69)47-72(66)68)40-41-65-71(67)48-73-64-39-19-38-61-59-35-14-13-20-51(59)44-74(77(61)64)78(73)76(65)52-24-16-34-58(43-52)80(55-29-9-3-10-30-55)56-31-11-4-12-32-56/h1-48H. The average molecular weight is 1010 g/mol. The van der Waals surface area contributed by atoms with Gasteiger partial charge >= 0.3 is 0 Å². The first-order valence-electron chi connectivity index (χ1n) is 27.7. The van der Waals surface area contributed by atoms with Gasteiger partial charge in [-0.1, -0.05) is 188 Å². The maximum Gasteiger partial charge on any atom is 0.0467 e. The van der Waals surface area contributed by atoms with Gasteiger partial charge in [0, 0.05) is 34.1 Å². The molecule has 15 aromatic rings. The van der Waals surface area contributed by atoms with Crippen LogP contribution >= 0.6 is 0 Å². The smallest absolute Gasteiger partial charge is 0.0467 e. The van der Waals surface area contributed by atoms with E-state index in [4.69, 9.17) is 0 Å². The second-order valence-corrected chi connectivity index (χ2v) is 21.5. The molecule has 0 bridgehead atoms. The Morgan fingerprint density at radius 1 is 0.175 bits per heavy atom. The first kappa shape index (κ1) is 44.6. The molecule has 370 valence electrons. The molecule has 0 unspecified atom stereocenters. The molecule has 2 aliphatic carbocycles. The summed E-state index contributed by atoms with van der Waals surface area (Å²) in [5.74, 6) is 0. The zero-order valence-electron chi connectivity index (χ0n) is 43.6. The molecular weight excluding hydrogens is 965 g/mol. The summed E-state index contributed by atoms with van der Waals surface area (Å²) >= 11 is 0. The highest BCUT2D eigenvalue weighted by Gasteiger charge is 2.30. The second-order valence-electron chi connectivity index (χ2n) is 21.5. The summed E-state index contributed by atoms with van der Waals surface area (Å²) in [5, 5.41) is 15.2. The maximum absolute atomic E-state index is 2.54. The van der Waals surface area contributed by atoms with E-state index in [0.29, 0.717) is 0 Å². The van der Waals surface area contributed by atoms with Crippen LogP contribution in [0.1, 0.15) is 0 Å². The Kier molecular flexibility index (Phi) is 9.75. The molecule has 0 saturated heterocycles. The predicted molar refractivity (Wildman–Crippen MR) is 341 cm³/mol. The van der Waals surface area contributed by atoms with Gasteiger partial charge in [-0.2, -0.15) is 0 Å². The molecule has 0 N–H and O–H groups in total. The van der Waals surface area contributed by atoms with Crippen LogP contribution in [0.4, 0.5) is 34.1 Å². The molecule has 0 fully saturated rings. The van der Waals surface area contributed by atoms with Gasteiger partial charge in [0.25, 0.3) is 0 Å². The molecule has 80 heavy (non-hydrogen) atoms. The van der Waals surface area contributed by atoms with Gasteiger partial charge in [-0.25, -0.2) is 0 Å². The van der Waals surface area contributed by atoms with Crippen LogP contribution in [0.5, 0.6) is 0 Å². The minimum absolute atomic E-state index is 1.10. The zero-order valence-corrected chi connectivity index (χ0v) is 43.6. The molecule has 0 radical (unpaired) electrons. The third-order valence-electron chi connectivity index (χ3n) is 17.2. The van der Waals surface area contributed by atoms with Crippen LogP contribution < -0.4 is 9.80 Å². The van der Waals surface area contributed by atoms with E-state index in [1.807, 2.05) is 0 Å². The quantitative estimate of drug-likeness (QED) is 0.140. The second kappa shape index (κ2) is 17.5. The number of para-hydroxylation sites is 4. The van der Waals surface area contributed by atoms with Crippen LogP contribution in [-0.2, 0) is 0 Å². The minimum atomic E-state index is 1.10. The van der Waals surface area contributed by atoms with E-state index in [1.54, 1.807) is 0 Å². The molecule has 0 spiro atoms. The molecular formula is C78H48N2. The molecule has 17 rings (SSSR count). The Balaban J connectivity index is 0.983. The van der Waals surface area contributed by atoms with Crippen LogP contribution in [0.25, 0.3) is 131 Å². The van der Waals surface area contributed by atoms with Crippen molar-refractivity contribution in [3.05, 3.63) is 291 Å². The molecule has 0 aromatic heterocycles. The lowest BCUT2D eigenvalue weighted by atomic mass is 9.84. The Bertz CT molecular complexity index is 4960. The summed E-state index contributed by atoms with van der Waals surface area (Å²) in [6, 6.07) is 108. The largest absolute Gasteiger partial charge is 0.310 e. The topological polar surface area (TPSA) is 6.48 Å². The van der Waals surface area contributed by atoms with Crippen LogP contribution in [-0.4, -0.2) is 0 Å². The summed E-state index contributed by atoms with van der Waals surface area (Å²) in [5.41, 5.74) is 21.7. The van der Waals surface area contributed by atoms with Gasteiger partial charge in [-0.3, -0.25) is 0 Å². The molecule has 0 aliphatic heterocycles. The summed E-state index contributed by atoms with van der Waals surface area (Å²) in [7, 11) is 0. The summed E-state index contributed by atoms with van der Waals surface area (Å²) < 4.78 is 0. The fraction of sp³-hybridized carbons (Fsp3) is 0. The summed E-state index contributed by atoms with van der Waals surface area (Å²) in [6.07, 6.45) is 0. The van der Waals surface area contributed by atoms with E-state index in [-0.39, 0.29) is 0 Å². The van der Waals surface area contributed by atoms with Gasteiger partial charge in [0.05, 0.1) is 0 Å². The van der Waals surface area contributed by atoms with Crippen molar-refractivity contribution in [1.82, 2.24) is 0 Å². The Hall–Kier alpha value is -10.5. The van der Waals surface area contributed by atoms with Gasteiger partial charge in [-0.15, -0.1) is 0 Å². The van der Waals surface area contributed by atoms with Gasteiger partial charge in [0.15, 0.2) is 0 Å². The van der Waals surface area contributed by atoms with Crippen molar-refractivity contribution >= 4 is 98.8 Å². The highest BCUT2D eigenvalue weighted by molar-refractivity contribution is 6.32. The molecule has 2 nitrogen and oxygen atoms in total. The van der Waals surface area contributed by atoms with Crippen molar-refractivity contribution in [3.8, 4) is 66.8 Å². The fourth-order valence-electron chi connectivity index (χ4n) is 13.8. The first-order valence-corrected chi connectivity index (χ1v) is 27.7. The van der Waals surface area contributed by atoms with Crippen LogP contribution in [0.3, 0.4) is 0 Å². The van der Waals surface area contributed by atoms with Gasteiger partial charge in [0.2, 0.25) is 0 Å². The van der Waals surface area contributed by atoms with E-state index >= 15 is 0 Å². The Labute approximate surface area is 463 Å². The molecule has 15 aromatic carbocycles. The normalized spacial score (nSPS) is 12.0. The van der Waals surface area contributed by atoms with Crippen LogP contribution in [0.15, 0.2) is 291 Å². The van der Waals surface area contributed by atoms with Crippen molar-refractivity contribution < 1.29 is 0 Å². The highest BCUT2D eigenvalue weighted by Crippen LogP contribution is 2.57. The third kappa shape index (κ3) is 6.66.